The maximum absolute atomic E-state index is 7.12. The quantitative estimate of drug-likeness (QED) is 0.180. The highest BCUT2D eigenvalue weighted by atomic mass is 16.5. The van der Waals surface area contributed by atoms with Crippen LogP contribution in [0.15, 0.2) is 206 Å². The summed E-state index contributed by atoms with van der Waals surface area (Å²) >= 11 is 0. The lowest BCUT2D eigenvalue weighted by Crippen LogP contribution is -2.26. The van der Waals surface area contributed by atoms with Gasteiger partial charge in [0.2, 0.25) is 0 Å². The van der Waals surface area contributed by atoms with E-state index in [0.29, 0.717) is 0 Å². The van der Waals surface area contributed by atoms with Crippen LogP contribution in [0.4, 0.5) is 17.1 Å². The van der Waals surface area contributed by atoms with Crippen LogP contribution in [0.1, 0.15) is 22.3 Å². The first-order valence-corrected chi connectivity index (χ1v) is 20.0. The van der Waals surface area contributed by atoms with E-state index in [1.165, 1.54) is 71.9 Å². The van der Waals surface area contributed by atoms with Crippen LogP contribution in [0.25, 0.3) is 60.9 Å². The van der Waals surface area contributed by atoms with Crippen molar-refractivity contribution in [1.82, 2.24) is 4.57 Å². The molecule has 0 N–H and O–H groups in total. The van der Waals surface area contributed by atoms with Crippen molar-refractivity contribution in [3.05, 3.63) is 229 Å². The third-order valence-electron chi connectivity index (χ3n) is 12.8. The van der Waals surface area contributed by atoms with Crippen molar-refractivity contribution in [3.8, 4) is 50.6 Å². The lowest BCUT2D eigenvalue weighted by atomic mass is 9.70. The van der Waals surface area contributed by atoms with Gasteiger partial charge in [-0.1, -0.05) is 158 Å². The van der Waals surface area contributed by atoms with Crippen LogP contribution in [-0.4, -0.2) is 4.57 Å². The summed E-state index contributed by atoms with van der Waals surface area (Å²) in [4.78, 5) is 2.34. The molecule has 58 heavy (non-hydrogen) atoms. The third-order valence-corrected chi connectivity index (χ3v) is 12.8. The second kappa shape index (κ2) is 11.7. The van der Waals surface area contributed by atoms with Crippen molar-refractivity contribution in [1.29, 1.82) is 0 Å². The molecule has 270 valence electrons. The Hall–Kier alpha value is -7.62. The summed E-state index contributed by atoms with van der Waals surface area (Å²) in [5.74, 6) is 1.65. The zero-order valence-electron chi connectivity index (χ0n) is 31.4. The van der Waals surface area contributed by atoms with Gasteiger partial charge in [0.15, 0.2) is 11.5 Å². The molecule has 0 radical (unpaired) electrons. The zero-order chi connectivity index (χ0) is 38.0. The number of hydrogen-bond acceptors (Lipinski definition) is 2. The third kappa shape index (κ3) is 4.02. The largest absolute Gasteiger partial charge is 0.451 e. The molecule has 2 aliphatic carbocycles. The number of para-hydroxylation sites is 4. The minimum absolute atomic E-state index is 0.536. The molecule has 1 aliphatic heterocycles. The van der Waals surface area contributed by atoms with E-state index in [-0.39, 0.29) is 0 Å². The molecule has 10 aromatic rings. The lowest BCUT2D eigenvalue weighted by molar-refractivity contribution is 0.475. The maximum Gasteiger partial charge on any atom is 0.175 e. The summed E-state index contributed by atoms with van der Waals surface area (Å²) in [7, 11) is 0. The fourth-order valence-corrected chi connectivity index (χ4v) is 10.5. The van der Waals surface area contributed by atoms with Gasteiger partial charge in [-0.05, 0) is 98.6 Å². The molecule has 3 heteroatoms. The van der Waals surface area contributed by atoms with E-state index in [0.717, 1.165) is 39.8 Å². The van der Waals surface area contributed by atoms with Crippen molar-refractivity contribution < 1.29 is 4.74 Å². The van der Waals surface area contributed by atoms with E-state index >= 15 is 0 Å². The Balaban J connectivity index is 1.20. The number of nitrogens with zero attached hydrogens (tertiary/aromatic N) is 2. The number of benzene rings is 9. The Bertz CT molecular complexity index is 3260. The Morgan fingerprint density at radius 1 is 0.397 bits per heavy atom. The van der Waals surface area contributed by atoms with Crippen LogP contribution in [0.3, 0.4) is 0 Å². The van der Waals surface area contributed by atoms with Gasteiger partial charge in [-0.3, -0.25) is 0 Å². The molecule has 3 aliphatic rings. The molecule has 0 atom stereocenters. The summed E-state index contributed by atoms with van der Waals surface area (Å²) < 4.78 is 9.64. The number of aromatic nitrogens is 1. The molecule has 0 saturated heterocycles. The average molecular weight is 739 g/mol. The summed E-state index contributed by atoms with van der Waals surface area (Å²) in [6.07, 6.45) is 0. The Morgan fingerprint density at radius 2 is 0.983 bits per heavy atom. The van der Waals surface area contributed by atoms with Crippen LogP contribution in [0, 0.1) is 0 Å². The van der Waals surface area contributed by atoms with Crippen LogP contribution in [0.5, 0.6) is 11.5 Å². The lowest BCUT2D eigenvalue weighted by Gasteiger charge is -2.34. The standard InChI is InChI=1S/C55H34N2O/c1-3-16-35(17-4-1)36-30-33-47-43(34-36)42-32-31-41-40-22-9-12-25-46(40)55(44-23-10-7-20-38(44)39-21-8-11-24-45(39)55)52(41)53(42)57(47)50-28-15-27-49-54(50)58-51-29-14-13-26-48(51)56(49)37-18-5-2-6-19-37/h1-34H. The van der Waals surface area contributed by atoms with E-state index in [2.05, 4.69) is 216 Å². The van der Waals surface area contributed by atoms with Crippen molar-refractivity contribution in [3.63, 3.8) is 0 Å². The Labute approximate surface area is 336 Å². The topological polar surface area (TPSA) is 17.4 Å². The van der Waals surface area contributed by atoms with Crippen LogP contribution >= 0.6 is 0 Å². The fraction of sp³-hybridized carbons (Fsp3) is 0.0182. The predicted octanol–water partition coefficient (Wildman–Crippen LogP) is 14.4. The highest BCUT2D eigenvalue weighted by Gasteiger charge is 2.53. The predicted molar refractivity (Wildman–Crippen MR) is 237 cm³/mol. The second-order valence-electron chi connectivity index (χ2n) is 15.6. The number of hydrogen-bond donors (Lipinski definition) is 0. The number of anilines is 3. The monoisotopic (exact) mass is 738 g/mol. The molecule has 0 bridgehead atoms. The van der Waals surface area contributed by atoms with Crippen molar-refractivity contribution in [2.45, 2.75) is 5.41 Å². The van der Waals surface area contributed by atoms with Crippen molar-refractivity contribution in [2.75, 3.05) is 4.90 Å². The van der Waals surface area contributed by atoms with Gasteiger partial charge in [-0.15, -0.1) is 0 Å². The van der Waals surface area contributed by atoms with Gasteiger partial charge >= 0.3 is 0 Å². The first-order chi connectivity index (χ1) is 28.8. The number of rotatable bonds is 3. The first-order valence-electron chi connectivity index (χ1n) is 20.0. The zero-order valence-corrected chi connectivity index (χ0v) is 31.4. The van der Waals surface area contributed by atoms with E-state index in [1.54, 1.807) is 0 Å². The molecule has 9 aromatic carbocycles. The minimum Gasteiger partial charge on any atom is -0.451 e. The maximum atomic E-state index is 7.12. The van der Waals surface area contributed by atoms with Crippen LogP contribution in [-0.2, 0) is 5.41 Å². The SMILES string of the molecule is c1ccc(-c2ccc3c(c2)c2ccc4c(c2n3-c2cccc3c2Oc2ccccc2N3c2ccccc2)C2(c3ccccc3-c3ccccc32)c2ccccc2-4)cc1. The van der Waals surface area contributed by atoms with Crippen molar-refractivity contribution >= 4 is 38.9 Å². The summed E-state index contributed by atoms with van der Waals surface area (Å²) in [6, 6.07) is 75.3. The molecule has 0 unspecified atom stereocenters. The van der Waals surface area contributed by atoms with Gasteiger partial charge in [0, 0.05) is 22.0 Å². The number of ether oxygens (including phenoxy) is 1. The first kappa shape index (κ1) is 31.6. The van der Waals surface area contributed by atoms with Gasteiger partial charge < -0.3 is 14.2 Å². The molecule has 13 rings (SSSR count). The van der Waals surface area contributed by atoms with E-state index in [4.69, 9.17) is 4.74 Å². The smallest absolute Gasteiger partial charge is 0.175 e. The highest BCUT2D eigenvalue weighted by molar-refractivity contribution is 6.16. The van der Waals surface area contributed by atoms with Crippen LogP contribution < -0.4 is 9.64 Å². The molecule has 0 saturated carbocycles. The normalized spacial score (nSPS) is 13.8. The molecule has 1 spiro atoms. The number of fused-ring (bicyclic) bond motifs is 16. The molecule has 1 aromatic heterocycles. The van der Waals surface area contributed by atoms with Crippen molar-refractivity contribution in [2.24, 2.45) is 0 Å². The average Bonchev–Trinajstić information content (AvgIpc) is 3.90. The van der Waals surface area contributed by atoms with E-state index in [9.17, 15) is 0 Å². The summed E-state index contributed by atoms with van der Waals surface area (Å²) in [5, 5.41) is 2.42. The molecule has 0 fully saturated rings. The van der Waals surface area contributed by atoms with Crippen LogP contribution in [0.2, 0.25) is 0 Å². The molecule has 0 amide bonds. The molecule has 2 heterocycles. The fourth-order valence-electron chi connectivity index (χ4n) is 10.5. The highest BCUT2D eigenvalue weighted by Crippen LogP contribution is 2.65. The van der Waals surface area contributed by atoms with Gasteiger partial charge in [0.05, 0.1) is 33.5 Å². The Morgan fingerprint density at radius 3 is 1.71 bits per heavy atom. The van der Waals surface area contributed by atoms with Gasteiger partial charge in [-0.25, -0.2) is 0 Å². The molecular weight excluding hydrogens is 705 g/mol. The van der Waals surface area contributed by atoms with Gasteiger partial charge in [0.1, 0.15) is 0 Å². The summed E-state index contributed by atoms with van der Waals surface area (Å²) in [5.41, 5.74) is 18.7. The van der Waals surface area contributed by atoms with Gasteiger partial charge in [0.25, 0.3) is 0 Å². The summed E-state index contributed by atoms with van der Waals surface area (Å²) in [6.45, 7) is 0. The molecule has 3 nitrogen and oxygen atoms in total. The second-order valence-corrected chi connectivity index (χ2v) is 15.6. The van der Waals surface area contributed by atoms with E-state index in [1.807, 2.05) is 0 Å². The Kier molecular flexibility index (Phi) is 6.37. The minimum atomic E-state index is -0.536. The van der Waals surface area contributed by atoms with Gasteiger partial charge in [-0.2, -0.15) is 0 Å². The molecular formula is C55H34N2O. The van der Waals surface area contributed by atoms with E-state index < -0.39 is 5.41 Å².